The Morgan fingerprint density at radius 1 is 1.00 bits per heavy atom. The number of carbonyl (C=O) groups is 4. The molecule has 2 atom stereocenters. The normalized spacial score (nSPS) is 12.8. The van der Waals surface area contributed by atoms with Gasteiger partial charge in [-0.3, -0.25) is 9.59 Å². The lowest BCUT2D eigenvalue weighted by atomic mass is 10.0. The van der Waals surface area contributed by atoms with Gasteiger partial charge >= 0.3 is 12.1 Å². The number of nitrogens with zero attached hydrogens (tertiary/aromatic N) is 1. The summed E-state index contributed by atoms with van der Waals surface area (Å²) in [5, 5.41) is 22.3. The SMILES string of the molecule is CC(=O)N(C(=O)OC(C)(C)C)C(Cc1ccccc1)C(=O)N[C@@H](Cc1cc(I)c(O)c(I)c1)C(=O)O. The highest BCUT2D eigenvalue weighted by molar-refractivity contribution is 14.1. The average molecular weight is 722 g/mol. The molecule has 1 unspecified atom stereocenters. The second kappa shape index (κ2) is 12.7. The Morgan fingerprint density at radius 2 is 1.56 bits per heavy atom. The summed E-state index contributed by atoms with van der Waals surface area (Å²) < 4.78 is 6.44. The Kier molecular flexibility index (Phi) is 10.5. The number of halogens is 2. The van der Waals surface area contributed by atoms with E-state index in [-0.39, 0.29) is 18.6 Å². The van der Waals surface area contributed by atoms with E-state index >= 15 is 0 Å². The van der Waals surface area contributed by atoms with Gasteiger partial charge in [-0.15, -0.1) is 0 Å². The van der Waals surface area contributed by atoms with E-state index in [1.165, 1.54) is 0 Å². The van der Waals surface area contributed by atoms with Gasteiger partial charge in [-0.1, -0.05) is 30.3 Å². The van der Waals surface area contributed by atoms with Crippen molar-refractivity contribution in [2.24, 2.45) is 0 Å². The molecule has 3 N–H and O–H groups in total. The number of ether oxygens (including phenoxy) is 1. The van der Waals surface area contributed by atoms with Crippen LogP contribution in [-0.2, 0) is 32.0 Å². The van der Waals surface area contributed by atoms with Gasteiger partial charge in [0.1, 0.15) is 23.4 Å². The van der Waals surface area contributed by atoms with Gasteiger partial charge in [-0.05, 0) is 89.2 Å². The van der Waals surface area contributed by atoms with Gasteiger partial charge in [0.2, 0.25) is 11.8 Å². The second-order valence-electron chi connectivity index (χ2n) is 9.09. The number of carboxylic acids is 1. The first-order chi connectivity index (χ1) is 16.7. The first kappa shape index (κ1) is 29.8. The van der Waals surface area contributed by atoms with E-state index in [1.54, 1.807) is 63.2 Å². The van der Waals surface area contributed by atoms with Crippen molar-refractivity contribution >= 4 is 69.1 Å². The number of hydrogen-bond acceptors (Lipinski definition) is 6. The Morgan fingerprint density at radius 3 is 2.03 bits per heavy atom. The minimum atomic E-state index is -1.35. The highest BCUT2D eigenvalue weighted by Gasteiger charge is 2.37. The minimum absolute atomic E-state index is 0.0349. The average Bonchev–Trinajstić information content (AvgIpc) is 2.75. The van der Waals surface area contributed by atoms with E-state index in [0.29, 0.717) is 18.3 Å². The van der Waals surface area contributed by atoms with Crippen LogP contribution in [0.1, 0.15) is 38.8 Å². The number of amides is 3. The van der Waals surface area contributed by atoms with Gasteiger partial charge in [0.25, 0.3) is 0 Å². The van der Waals surface area contributed by atoms with Crippen LogP contribution in [0.5, 0.6) is 5.75 Å². The van der Waals surface area contributed by atoms with Crippen LogP contribution in [0.2, 0.25) is 0 Å². The van der Waals surface area contributed by atoms with Gasteiger partial charge in [-0.25, -0.2) is 14.5 Å². The fourth-order valence-electron chi connectivity index (χ4n) is 3.36. The molecule has 11 heteroatoms. The molecule has 0 heterocycles. The molecule has 36 heavy (non-hydrogen) atoms. The fourth-order valence-corrected chi connectivity index (χ4v) is 5.26. The number of aliphatic carboxylic acids is 1. The lowest BCUT2D eigenvalue weighted by Gasteiger charge is -2.31. The molecule has 0 radical (unpaired) electrons. The number of carbonyl (C=O) groups excluding carboxylic acids is 3. The molecule has 0 bridgehead atoms. The van der Waals surface area contributed by atoms with Crippen molar-refractivity contribution in [1.29, 1.82) is 0 Å². The van der Waals surface area contributed by atoms with Crippen LogP contribution < -0.4 is 5.32 Å². The number of nitrogens with one attached hydrogen (secondary N) is 1. The summed E-state index contributed by atoms with van der Waals surface area (Å²) in [6.45, 7) is 6.05. The third-order valence-corrected chi connectivity index (χ3v) is 6.59. The van der Waals surface area contributed by atoms with Gasteiger partial charge in [0.05, 0.1) is 7.14 Å². The van der Waals surface area contributed by atoms with Crippen molar-refractivity contribution in [3.63, 3.8) is 0 Å². The molecule has 3 amide bonds. The molecule has 0 aliphatic carbocycles. The van der Waals surface area contributed by atoms with Crippen molar-refractivity contribution in [2.75, 3.05) is 0 Å². The zero-order chi connectivity index (χ0) is 27.2. The number of hydrogen-bond donors (Lipinski definition) is 3. The standard InChI is InChI=1S/C25H28I2N2O7/c1-14(30)29(24(35)36-25(2,3)4)20(13-15-8-6-5-7-9-15)22(32)28-19(23(33)34)12-16-10-17(26)21(31)18(27)11-16/h5-11,19-20,31H,12-13H2,1-4H3,(H,28,32)(H,33,34)/t19-,20?/m0/s1. The van der Waals surface area contributed by atoms with Gasteiger partial charge in [-0.2, -0.15) is 0 Å². The van der Waals surface area contributed by atoms with Crippen molar-refractivity contribution in [1.82, 2.24) is 10.2 Å². The van der Waals surface area contributed by atoms with Crippen molar-refractivity contribution < 1.29 is 34.1 Å². The second-order valence-corrected chi connectivity index (χ2v) is 11.4. The Labute approximate surface area is 236 Å². The topological polar surface area (TPSA) is 133 Å². The zero-order valence-electron chi connectivity index (χ0n) is 20.2. The molecule has 2 rings (SSSR count). The van der Waals surface area contributed by atoms with Crippen LogP contribution in [-0.4, -0.2) is 56.7 Å². The van der Waals surface area contributed by atoms with E-state index in [0.717, 1.165) is 11.8 Å². The summed E-state index contributed by atoms with van der Waals surface area (Å²) >= 11 is 3.87. The van der Waals surface area contributed by atoms with Gasteiger partial charge in [0.15, 0.2) is 0 Å². The number of carboxylic acid groups (broad SMARTS) is 1. The van der Waals surface area contributed by atoms with Gasteiger partial charge < -0.3 is 20.3 Å². The van der Waals surface area contributed by atoms with E-state index in [4.69, 9.17) is 4.74 Å². The van der Waals surface area contributed by atoms with Gasteiger partial charge in [0, 0.05) is 19.8 Å². The van der Waals surface area contributed by atoms with E-state index < -0.39 is 41.6 Å². The Bertz CT molecular complexity index is 1110. The predicted molar refractivity (Wildman–Crippen MR) is 149 cm³/mol. The highest BCUT2D eigenvalue weighted by Crippen LogP contribution is 2.28. The van der Waals surface area contributed by atoms with Crippen molar-refractivity contribution in [3.05, 3.63) is 60.7 Å². The molecule has 0 aliphatic rings. The summed E-state index contributed by atoms with van der Waals surface area (Å²) in [5.41, 5.74) is 0.335. The smallest absolute Gasteiger partial charge is 0.417 e. The molecule has 0 fully saturated rings. The third kappa shape index (κ3) is 8.61. The maximum atomic E-state index is 13.4. The molecule has 2 aromatic carbocycles. The molecule has 0 saturated carbocycles. The molecular weight excluding hydrogens is 694 g/mol. The number of rotatable bonds is 8. The molecule has 9 nitrogen and oxygen atoms in total. The van der Waals surface area contributed by atoms with Crippen LogP contribution in [0.4, 0.5) is 4.79 Å². The van der Waals surface area contributed by atoms with Crippen LogP contribution in [0.15, 0.2) is 42.5 Å². The maximum Gasteiger partial charge on any atom is 0.417 e. The van der Waals surface area contributed by atoms with Crippen molar-refractivity contribution in [2.45, 2.75) is 58.2 Å². The fraction of sp³-hybridized carbons (Fsp3) is 0.360. The lowest BCUT2D eigenvalue weighted by Crippen LogP contribution is -2.56. The first-order valence-electron chi connectivity index (χ1n) is 11.0. The molecule has 0 aliphatic heterocycles. The third-order valence-electron chi connectivity index (χ3n) is 4.95. The van der Waals surface area contributed by atoms with Crippen LogP contribution in [0.3, 0.4) is 0 Å². The zero-order valence-corrected chi connectivity index (χ0v) is 24.6. The molecule has 0 saturated heterocycles. The Balaban J connectivity index is 2.40. The molecule has 2 aromatic rings. The minimum Gasteiger partial charge on any atom is -0.506 e. The first-order valence-corrected chi connectivity index (χ1v) is 13.1. The quantitative estimate of drug-likeness (QED) is 0.350. The number of benzene rings is 2. The maximum absolute atomic E-state index is 13.4. The summed E-state index contributed by atoms with van der Waals surface area (Å²) in [6.07, 6.45) is -1.11. The largest absolute Gasteiger partial charge is 0.506 e. The number of phenolic OH excluding ortho intramolecular Hbond substituents is 1. The molecular formula is C25H28I2N2O7. The van der Waals surface area contributed by atoms with Crippen LogP contribution in [0.25, 0.3) is 0 Å². The van der Waals surface area contributed by atoms with E-state index in [9.17, 15) is 29.4 Å². The lowest BCUT2D eigenvalue weighted by molar-refractivity contribution is -0.143. The van der Waals surface area contributed by atoms with Crippen molar-refractivity contribution in [3.8, 4) is 5.75 Å². The molecule has 0 spiro atoms. The summed E-state index contributed by atoms with van der Waals surface area (Å²) in [7, 11) is 0. The Hall–Kier alpha value is -2.42. The summed E-state index contributed by atoms with van der Waals surface area (Å²) in [4.78, 5) is 51.6. The number of aromatic hydroxyl groups is 1. The molecule has 194 valence electrons. The molecule has 0 aromatic heterocycles. The van der Waals surface area contributed by atoms with E-state index in [2.05, 4.69) is 5.32 Å². The van der Waals surface area contributed by atoms with E-state index in [1.807, 2.05) is 45.2 Å². The summed E-state index contributed by atoms with van der Waals surface area (Å²) in [5.74, 6) is -2.72. The van der Waals surface area contributed by atoms with Crippen LogP contribution >= 0.6 is 45.2 Å². The predicted octanol–water partition coefficient (Wildman–Crippen LogP) is 4.11. The summed E-state index contributed by atoms with van der Waals surface area (Å²) in [6, 6.07) is 9.34. The monoisotopic (exact) mass is 722 g/mol. The highest BCUT2D eigenvalue weighted by atomic mass is 127. The number of phenols is 1. The number of imide groups is 1. The van der Waals surface area contributed by atoms with Crippen LogP contribution in [0, 0.1) is 7.14 Å².